The zero-order chi connectivity index (χ0) is 30.7. The maximum absolute atomic E-state index is 13.7. The summed E-state index contributed by atoms with van der Waals surface area (Å²) in [7, 11) is -7.41. The minimum Gasteiger partial charge on any atom is -0.395 e. The summed E-state index contributed by atoms with van der Waals surface area (Å²) < 4.78 is 54.7. The molecule has 1 aliphatic carbocycles. The van der Waals surface area contributed by atoms with Gasteiger partial charge in [0.05, 0.1) is 39.7 Å². The molecule has 1 saturated heterocycles. The second-order valence-corrected chi connectivity index (χ2v) is 17.4. The smallest absolute Gasteiger partial charge is 0.257 e. The number of hydrogen-bond donors (Lipinski definition) is 3. The summed E-state index contributed by atoms with van der Waals surface area (Å²) in [6, 6.07) is 9.97. The summed E-state index contributed by atoms with van der Waals surface area (Å²) >= 11 is 0. The Morgan fingerprint density at radius 3 is 2.17 bits per heavy atom. The molecule has 0 aromatic heterocycles. The number of nitrogens with zero attached hydrogens (tertiary/aromatic N) is 2. The first-order valence-electron chi connectivity index (χ1n) is 14.6. The summed E-state index contributed by atoms with van der Waals surface area (Å²) in [5.41, 5.74) is 3.73. The van der Waals surface area contributed by atoms with Gasteiger partial charge in [0.25, 0.3) is 5.91 Å². The maximum atomic E-state index is 13.7. The fraction of sp³-hybridized carbons (Fsp3) is 0.567. The highest BCUT2D eigenvalue weighted by Gasteiger charge is 2.46. The Bertz CT molecular complexity index is 1590. The molecule has 0 radical (unpaired) electrons. The molecule has 12 heteroatoms. The fourth-order valence-corrected chi connectivity index (χ4v) is 8.48. The topological polar surface area (TPSA) is 136 Å². The Morgan fingerprint density at radius 2 is 1.57 bits per heavy atom. The summed E-state index contributed by atoms with van der Waals surface area (Å²) in [4.78, 5) is 15.9. The van der Waals surface area contributed by atoms with Crippen molar-refractivity contribution in [2.75, 3.05) is 44.7 Å². The van der Waals surface area contributed by atoms with E-state index in [4.69, 9.17) is 5.11 Å². The molecule has 1 saturated carbocycles. The average molecular weight is 619 g/mol. The maximum Gasteiger partial charge on any atom is 0.257 e. The van der Waals surface area contributed by atoms with Crippen molar-refractivity contribution in [3.63, 3.8) is 0 Å². The average Bonchev–Trinajstić information content (AvgIpc) is 3.60. The molecule has 2 aromatic rings. The zero-order valence-corrected chi connectivity index (χ0v) is 26.6. The van der Waals surface area contributed by atoms with Gasteiger partial charge in [-0.3, -0.25) is 13.8 Å². The number of anilines is 4. The summed E-state index contributed by atoms with van der Waals surface area (Å²) in [5.74, 6) is -0.802. The summed E-state index contributed by atoms with van der Waals surface area (Å²) in [6.45, 7) is 10.00. The third-order valence-corrected chi connectivity index (χ3v) is 13.0. The van der Waals surface area contributed by atoms with Crippen molar-refractivity contribution in [1.82, 2.24) is 0 Å². The van der Waals surface area contributed by atoms with E-state index in [1.54, 1.807) is 51.1 Å². The normalized spacial score (nSPS) is 21.8. The van der Waals surface area contributed by atoms with Gasteiger partial charge in [0, 0.05) is 30.7 Å². The molecule has 2 atom stereocenters. The number of piperidine rings is 1. The molecule has 2 unspecified atom stereocenters. The quantitative estimate of drug-likeness (QED) is 0.397. The van der Waals surface area contributed by atoms with Crippen molar-refractivity contribution < 1.29 is 26.7 Å². The third-order valence-electron chi connectivity index (χ3n) is 9.14. The predicted octanol–water partition coefficient (Wildman–Crippen LogP) is 4.49. The lowest BCUT2D eigenvalue weighted by atomic mass is 9.93. The second-order valence-electron chi connectivity index (χ2n) is 13.0. The van der Waals surface area contributed by atoms with Crippen molar-refractivity contribution in [2.24, 2.45) is 5.41 Å². The molecule has 0 bridgehead atoms. The van der Waals surface area contributed by atoms with Gasteiger partial charge in [-0.15, -0.1) is 0 Å². The van der Waals surface area contributed by atoms with E-state index in [2.05, 4.69) is 14.9 Å². The second kappa shape index (κ2) is 10.7. The van der Waals surface area contributed by atoms with Gasteiger partial charge in [-0.1, -0.05) is 13.0 Å². The van der Waals surface area contributed by atoms with E-state index in [0.717, 1.165) is 31.5 Å². The lowest BCUT2D eigenvalue weighted by molar-refractivity contribution is 0.102. The van der Waals surface area contributed by atoms with Gasteiger partial charge in [-0.25, -0.2) is 16.8 Å². The summed E-state index contributed by atoms with van der Waals surface area (Å²) in [6.07, 6.45) is 4.50. The van der Waals surface area contributed by atoms with Crippen LogP contribution >= 0.6 is 0 Å². The standard InChI is InChI=1S/C30H42N4O6S2/c1-20-21(2)34(42(39,40)29(3,4)5)27-18-22(6-8-24(20)27)31-28(36)25-9-7-23(32-41(37,38)17-16-35)19-26(25)33-14-12-30(10-11-30)13-15-33/h6-9,18-21,32,35H,10-17H2,1-5H3,(H,31,36). The Balaban J connectivity index is 1.46. The zero-order valence-electron chi connectivity index (χ0n) is 25.0. The molecule has 2 fully saturated rings. The molecule has 3 aliphatic rings. The number of sulfonamides is 2. The highest BCUT2D eigenvalue weighted by Crippen LogP contribution is 2.54. The van der Waals surface area contributed by atoms with E-state index in [-0.39, 0.29) is 17.9 Å². The van der Waals surface area contributed by atoms with Crippen LogP contribution in [0.3, 0.4) is 0 Å². The third kappa shape index (κ3) is 5.72. The van der Waals surface area contributed by atoms with E-state index in [1.165, 1.54) is 17.1 Å². The number of amides is 1. The Hall–Kier alpha value is -2.83. The van der Waals surface area contributed by atoms with Crippen molar-refractivity contribution in [1.29, 1.82) is 0 Å². The van der Waals surface area contributed by atoms with Gasteiger partial charge in [0.1, 0.15) is 0 Å². The van der Waals surface area contributed by atoms with Crippen molar-refractivity contribution in [3.05, 3.63) is 47.5 Å². The van der Waals surface area contributed by atoms with E-state index in [1.807, 2.05) is 19.9 Å². The highest BCUT2D eigenvalue weighted by molar-refractivity contribution is 7.94. The van der Waals surface area contributed by atoms with Crippen LogP contribution in [0.2, 0.25) is 0 Å². The molecule has 2 aromatic carbocycles. The number of aliphatic hydroxyl groups excluding tert-OH is 1. The Morgan fingerprint density at radius 1 is 0.952 bits per heavy atom. The molecule has 5 rings (SSSR count). The first kappa shape index (κ1) is 30.6. The lowest BCUT2D eigenvalue weighted by Gasteiger charge is -2.35. The Labute approximate surface area is 249 Å². The highest BCUT2D eigenvalue weighted by atomic mass is 32.2. The number of rotatable bonds is 8. The number of benzene rings is 2. The van der Waals surface area contributed by atoms with Gasteiger partial charge in [-0.2, -0.15) is 0 Å². The molecule has 1 amide bonds. The first-order valence-corrected chi connectivity index (χ1v) is 17.7. The van der Waals surface area contributed by atoms with E-state index in [0.29, 0.717) is 33.7 Å². The van der Waals surface area contributed by atoms with E-state index in [9.17, 15) is 21.6 Å². The van der Waals surface area contributed by atoms with Crippen LogP contribution in [0.4, 0.5) is 22.7 Å². The van der Waals surface area contributed by atoms with Crippen LogP contribution in [0.5, 0.6) is 0 Å². The summed E-state index contributed by atoms with van der Waals surface area (Å²) in [5, 5.41) is 12.1. The molecule has 42 heavy (non-hydrogen) atoms. The van der Waals surface area contributed by atoms with Crippen LogP contribution in [-0.2, 0) is 20.0 Å². The Kier molecular flexibility index (Phi) is 7.81. The van der Waals surface area contributed by atoms with Crippen molar-refractivity contribution in [2.45, 2.75) is 77.0 Å². The SMILES string of the molecule is CC1c2ccc(NC(=O)c3ccc(NS(=O)(=O)CCO)cc3N3CCC4(CC3)CC4)cc2N(S(=O)(=O)C(C)(C)C)C1C. The van der Waals surface area contributed by atoms with E-state index < -0.39 is 37.2 Å². The molecule has 230 valence electrons. The number of fused-ring (bicyclic) bond motifs is 1. The van der Waals surface area contributed by atoms with Gasteiger partial charge < -0.3 is 15.3 Å². The van der Waals surface area contributed by atoms with Crippen molar-refractivity contribution >= 4 is 48.7 Å². The number of carbonyl (C=O) groups is 1. The van der Waals surface area contributed by atoms with Gasteiger partial charge in [0.2, 0.25) is 20.0 Å². The monoisotopic (exact) mass is 618 g/mol. The minimum absolute atomic E-state index is 0.00972. The number of aliphatic hydroxyl groups is 1. The first-order chi connectivity index (χ1) is 19.6. The molecule has 2 aliphatic heterocycles. The number of carbonyl (C=O) groups excluding carboxylic acids is 1. The predicted molar refractivity (Wildman–Crippen MR) is 167 cm³/mol. The van der Waals surface area contributed by atoms with Crippen LogP contribution in [0.25, 0.3) is 0 Å². The van der Waals surface area contributed by atoms with Gasteiger partial charge in [-0.05, 0) is 94.7 Å². The number of nitrogens with one attached hydrogen (secondary N) is 2. The van der Waals surface area contributed by atoms with Gasteiger partial charge in [0.15, 0.2) is 0 Å². The fourth-order valence-electron chi connectivity index (χ4n) is 6.02. The largest absolute Gasteiger partial charge is 0.395 e. The molecule has 2 heterocycles. The minimum atomic E-state index is -3.74. The molecular formula is C30H42N4O6S2. The van der Waals surface area contributed by atoms with E-state index >= 15 is 0 Å². The van der Waals surface area contributed by atoms with Crippen LogP contribution in [0, 0.1) is 5.41 Å². The molecule has 10 nitrogen and oxygen atoms in total. The van der Waals surface area contributed by atoms with Crippen molar-refractivity contribution in [3.8, 4) is 0 Å². The van der Waals surface area contributed by atoms with Crippen LogP contribution in [-0.4, -0.2) is 64.1 Å². The van der Waals surface area contributed by atoms with Crippen LogP contribution < -0.4 is 19.2 Å². The molecular weight excluding hydrogens is 576 g/mol. The molecule has 1 spiro atoms. The van der Waals surface area contributed by atoms with Gasteiger partial charge >= 0.3 is 0 Å². The van der Waals surface area contributed by atoms with Crippen LogP contribution in [0.15, 0.2) is 36.4 Å². The molecule has 3 N–H and O–H groups in total. The number of hydrogen-bond acceptors (Lipinski definition) is 7. The lowest BCUT2D eigenvalue weighted by Crippen LogP contribution is -2.46. The van der Waals surface area contributed by atoms with Crippen LogP contribution in [0.1, 0.15) is 82.1 Å².